The fourth-order valence-corrected chi connectivity index (χ4v) is 12.1. The highest BCUT2D eigenvalue weighted by Crippen LogP contribution is 2.21. The molecule has 0 spiro atoms. The van der Waals surface area contributed by atoms with Crippen LogP contribution >= 0.6 is 0 Å². The van der Waals surface area contributed by atoms with Gasteiger partial charge in [-0.25, -0.2) is 4.79 Å². The number of fused-ring (bicyclic) bond motifs is 1. The molecule has 1 saturated heterocycles. The highest BCUT2D eigenvalue weighted by molar-refractivity contribution is 6.00. The molecular weight excluding hydrogens is 1450 g/mol. The number of esters is 1. The smallest absolute Gasteiger partial charge is 0.328 e. The second kappa shape index (κ2) is 45.8. The van der Waals surface area contributed by atoms with Crippen molar-refractivity contribution >= 4 is 111 Å². The minimum atomic E-state index is -1.65. The van der Waals surface area contributed by atoms with Crippen LogP contribution in [-0.4, -0.2) is 198 Å². The molecule has 1 aliphatic rings. The molecule has 15 amide bonds. The first-order valence-electron chi connectivity index (χ1n) is 37.4. The van der Waals surface area contributed by atoms with Crippen molar-refractivity contribution < 1.29 is 81.4 Å². The Kier molecular flexibility index (Phi) is 37.1. The van der Waals surface area contributed by atoms with E-state index in [9.17, 15) is 76.7 Å². The molecule has 22 N–H and O–H groups in total. The van der Waals surface area contributed by atoms with E-state index >= 15 is 0 Å². The van der Waals surface area contributed by atoms with Gasteiger partial charge in [-0.3, -0.25) is 77.3 Å². The molecule has 4 aromatic rings. The van der Waals surface area contributed by atoms with Crippen LogP contribution in [0.1, 0.15) is 136 Å². The number of aromatic amines is 1. The predicted octanol–water partition coefficient (Wildman–Crippen LogP) is -2.32. The topological polar surface area (TPSA) is 568 Å². The van der Waals surface area contributed by atoms with E-state index in [1.54, 1.807) is 126 Å². The van der Waals surface area contributed by atoms with E-state index in [4.69, 9.17) is 27.3 Å². The molecular formula is C76H109N19O17. The third-order valence-corrected chi connectivity index (χ3v) is 17.9. The van der Waals surface area contributed by atoms with Crippen molar-refractivity contribution in [1.82, 2.24) is 79.4 Å². The van der Waals surface area contributed by atoms with Gasteiger partial charge >= 0.3 is 5.97 Å². The second-order valence-electron chi connectivity index (χ2n) is 28.6. The van der Waals surface area contributed by atoms with E-state index in [1.807, 2.05) is 13.8 Å². The van der Waals surface area contributed by atoms with Crippen molar-refractivity contribution in [2.24, 2.45) is 35.0 Å². The largest absolute Gasteiger partial charge is 0.464 e. The van der Waals surface area contributed by atoms with E-state index in [2.05, 4.69) is 79.4 Å². The van der Waals surface area contributed by atoms with Crippen LogP contribution in [0.25, 0.3) is 10.9 Å². The summed E-state index contributed by atoms with van der Waals surface area (Å²) in [4.78, 5) is 221. The first kappa shape index (κ1) is 90.6. The summed E-state index contributed by atoms with van der Waals surface area (Å²) >= 11 is 0. The molecule has 36 heteroatoms. The number of rotatable bonds is 47. The molecule has 0 radical (unpaired) electrons. The van der Waals surface area contributed by atoms with Crippen LogP contribution in [-0.2, 0) is 101 Å². The van der Waals surface area contributed by atoms with Gasteiger partial charge in [0.15, 0.2) is 5.96 Å². The van der Waals surface area contributed by atoms with E-state index in [0.717, 1.165) is 0 Å². The average molecular weight is 1560 g/mol. The van der Waals surface area contributed by atoms with Crippen LogP contribution in [0.2, 0.25) is 0 Å². The van der Waals surface area contributed by atoms with Crippen molar-refractivity contribution in [3.8, 4) is 0 Å². The summed E-state index contributed by atoms with van der Waals surface area (Å²) in [5.74, 6) is -14.4. The number of aromatic nitrogens is 1. The third-order valence-electron chi connectivity index (χ3n) is 17.9. The number of amides is 15. The van der Waals surface area contributed by atoms with Crippen LogP contribution in [0.15, 0.2) is 91.1 Å². The van der Waals surface area contributed by atoms with Gasteiger partial charge in [0.2, 0.25) is 88.6 Å². The first-order valence-corrected chi connectivity index (χ1v) is 37.4. The van der Waals surface area contributed by atoms with Crippen LogP contribution in [0.5, 0.6) is 0 Å². The van der Waals surface area contributed by atoms with Gasteiger partial charge in [0.05, 0.1) is 19.7 Å². The van der Waals surface area contributed by atoms with Gasteiger partial charge in [0, 0.05) is 62.2 Å². The van der Waals surface area contributed by atoms with Gasteiger partial charge in [0.25, 0.3) is 0 Å². The lowest BCUT2D eigenvalue weighted by Crippen LogP contribution is -2.60. The molecule has 112 heavy (non-hydrogen) atoms. The highest BCUT2D eigenvalue weighted by Gasteiger charge is 2.37. The zero-order valence-corrected chi connectivity index (χ0v) is 64.4. The molecule has 11 atom stereocenters. The van der Waals surface area contributed by atoms with Gasteiger partial charge in [-0.05, 0) is 99.3 Å². The van der Waals surface area contributed by atoms with E-state index < -0.39 is 187 Å². The normalized spacial score (nSPS) is 15.1. The van der Waals surface area contributed by atoms with Crippen LogP contribution in [0.3, 0.4) is 0 Å². The number of H-pyrrole nitrogens is 1. The summed E-state index contributed by atoms with van der Waals surface area (Å²) in [6, 6.07) is 9.36. The standard InChI is InChI=1S/C76H109N19O17/c1-9-112-75(111)58(34-42(4)5)94-73(109)56(36-46-21-14-11-15-22-46)88-63(100)40-84-74(110)64(43(6)7)95-65(101)44(8)85-71(107)57(37-47-38-82-49-24-17-16-23-48(47)49)93-70(106)53(27-30-60(78)97)91-72(108)55(35-45-19-12-10-13-20-45)87-62(99)39-83-66(102)54(33-41(2)3)92-67(103)50(25-18-32-81-76(79)80)89-69(105)52(26-29-59(77)96)90-68(104)51-28-31-61(98)86-51/h10-17,19-24,38,41-44,50-58,64,82H,9,18,25-37,39-40H2,1-8H3,(H2,77,96)(H2,78,97)(H,83,102)(H,84,110)(H,85,107)(H,86,98)(H,87,99)(H,88,100)(H,89,105)(H,90,104)(H,91,108)(H,92,103)(H,93,106)(H,94,109)(H,95,101)(H4,79,80,81)/t44-,50-,51-,52-,53-,54-,55+,56+,57-,58-,64-/m0/s1. The van der Waals surface area contributed by atoms with Crippen LogP contribution in [0, 0.1) is 23.2 Å². The Morgan fingerprint density at radius 1 is 0.491 bits per heavy atom. The number of primary amides is 2. The molecule has 1 aromatic heterocycles. The molecule has 3 aromatic carbocycles. The zero-order valence-electron chi connectivity index (χ0n) is 64.4. The van der Waals surface area contributed by atoms with Crippen molar-refractivity contribution in [3.63, 3.8) is 0 Å². The number of nitrogens with one attached hydrogen (secondary N) is 16. The lowest BCUT2D eigenvalue weighted by atomic mass is 10.0. The number of carbonyl (C=O) groups is 16. The molecule has 0 saturated carbocycles. The number of ether oxygens (including phenoxy) is 1. The fraction of sp³-hybridized carbons (Fsp3) is 0.513. The van der Waals surface area contributed by atoms with Crippen LogP contribution < -0.4 is 91.6 Å². The van der Waals surface area contributed by atoms with E-state index in [-0.39, 0.29) is 107 Å². The minimum absolute atomic E-state index is 0.0149. The maximum atomic E-state index is 14.8. The van der Waals surface area contributed by atoms with Gasteiger partial charge in [-0.1, -0.05) is 120 Å². The Bertz CT molecular complexity index is 3950. The number of hydrogen-bond acceptors (Lipinski definition) is 18. The molecule has 1 fully saturated rings. The molecule has 2 heterocycles. The Morgan fingerprint density at radius 3 is 1.45 bits per heavy atom. The van der Waals surface area contributed by atoms with Crippen molar-refractivity contribution in [2.45, 2.75) is 205 Å². The Labute approximate surface area is 649 Å². The summed E-state index contributed by atoms with van der Waals surface area (Å²) in [5.41, 5.74) is 18.8. The van der Waals surface area contributed by atoms with E-state index in [0.29, 0.717) is 27.6 Å². The lowest BCUT2D eigenvalue weighted by Gasteiger charge is -2.27. The lowest BCUT2D eigenvalue weighted by molar-refractivity contribution is -0.148. The molecule has 0 unspecified atom stereocenters. The third kappa shape index (κ3) is 31.5. The molecule has 0 bridgehead atoms. The van der Waals surface area contributed by atoms with Crippen molar-refractivity contribution in [1.29, 1.82) is 5.41 Å². The quantitative estimate of drug-likeness (QED) is 0.00955. The average Bonchev–Trinajstić information content (AvgIpc) is 1.66. The summed E-state index contributed by atoms with van der Waals surface area (Å²) in [6.07, 6.45) is 0.0544. The number of para-hydroxylation sites is 1. The Hall–Kier alpha value is -12.0. The number of guanidine groups is 1. The van der Waals surface area contributed by atoms with Gasteiger partial charge < -0.3 is 101 Å². The number of hydrogen-bond donors (Lipinski definition) is 19. The molecule has 36 nitrogen and oxygen atoms in total. The monoisotopic (exact) mass is 1560 g/mol. The van der Waals surface area contributed by atoms with E-state index in [1.165, 1.54) is 6.92 Å². The Morgan fingerprint density at radius 2 is 0.946 bits per heavy atom. The van der Waals surface area contributed by atoms with Gasteiger partial charge in [-0.15, -0.1) is 0 Å². The fourth-order valence-electron chi connectivity index (χ4n) is 12.1. The molecule has 610 valence electrons. The molecule has 0 aliphatic carbocycles. The maximum Gasteiger partial charge on any atom is 0.328 e. The predicted molar refractivity (Wildman–Crippen MR) is 411 cm³/mol. The summed E-state index contributed by atoms with van der Waals surface area (Å²) in [5, 5.41) is 44.4. The summed E-state index contributed by atoms with van der Waals surface area (Å²) < 4.78 is 5.20. The van der Waals surface area contributed by atoms with Crippen molar-refractivity contribution in [2.75, 3.05) is 26.2 Å². The maximum absolute atomic E-state index is 14.8. The second-order valence-corrected chi connectivity index (χ2v) is 28.6. The summed E-state index contributed by atoms with van der Waals surface area (Å²) in [6.45, 7) is 12.1. The first-order chi connectivity index (χ1) is 53.1. The minimum Gasteiger partial charge on any atom is -0.464 e. The highest BCUT2D eigenvalue weighted by atomic mass is 16.5. The van der Waals surface area contributed by atoms with Crippen LogP contribution in [0.4, 0.5) is 0 Å². The molecule has 5 rings (SSSR count). The zero-order chi connectivity index (χ0) is 82.7. The number of carbonyl (C=O) groups excluding carboxylic acids is 16. The van der Waals surface area contributed by atoms with Gasteiger partial charge in [-0.2, -0.15) is 0 Å². The summed E-state index contributed by atoms with van der Waals surface area (Å²) in [7, 11) is 0. The van der Waals surface area contributed by atoms with Gasteiger partial charge in [0.1, 0.15) is 66.5 Å². The SMILES string of the molecule is CCOC(=O)[C@H](CC(C)C)NC(=O)[C@@H](Cc1ccccc1)NC(=O)CNC(=O)[C@@H](NC(=O)[C@H](C)NC(=O)[C@H](Cc1c[nH]c2ccccc12)NC(=O)[C@H](CCC(N)=O)NC(=O)[C@@H](Cc1ccccc1)NC(=O)CNC(=O)[C@H](CC(C)C)NC(=O)[C@H](CCCNC(=N)N)NC(=O)[C@H](CCC(N)=O)NC(=O)[C@@H]1CCC(=O)N1)C(C)C. The Balaban J connectivity index is 1.32. The molecule has 1 aliphatic heterocycles. The number of benzene rings is 3. The van der Waals surface area contributed by atoms with Crippen molar-refractivity contribution in [3.05, 3.63) is 108 Å². The number of nitrogens with two attached hydrogens (primary N) is 3.